The van der Waals surface area contributed by atoms with Crippen LogP contribution in [0.3, 0.4) is 0 Å². The molecular formula is C12H30O6. The lowest BCUT2D eigenvalue weighted by atomic mass is 10.3. The van der Waals surface area contributed by atoms with Gasteiger partial charge in [-0.15, -0.1) is 0 Å². The van der Waals surface area contributed by atoms with Crippen molar-refractivity contribution in [1.29, 1.82) is 0 Å². The lowest BCUT2D eigenvalue weighted by molar-refractivity contribution is 0.135. The molecular weight excluding hydrogens is 240 g/mol. The number of ether oxygens (including phenoxy) is 3. The molecule has 18 heavy (non-hydrogen) atoms. The Balaban J connectivity index is -0.000000190. The van der Waals surface area contributed by atoms with Crippen LogP contribution in [0.2, 0.25) is 0 Å². The fourth-order valence-corrected chi connectivity index (χ4v) is 0.658. The van der Waals surface area contributed by atoms with Crippen LogP contribution in [0, 0.1) is 0 Å². The zero-order valence-corrected chi connectivity index (χ0v) is 11.9. The molecule has 0 unspecified atom stereocenters. The molecule has 0 spiro atoms. The third-order valence-electron chi connectivity index (χ3n) is 1.56. The van der Waals surface area contributed by atoms with Crippen molar-refractivity contribution >= 4 is 0 Å². The number of rotatable bonds is 9. The number of aliphatic hydroxyl groups is 3. The molecule has 0 saturated heterocycles. The minimum Gasteiger partial charge on any atom is -0.396 e. The summed E-state index contributed by atoms with van der Waals surface area (Å²) in [5.41, 5.74) is 0. The molecule has 6 nitrogen and oxygen atoms in total. The van der Waals surface area contributed by atoms with Gasteiger partial charge in [-0.05, 0) is 19.3 Å². The quantitative estimate of drug-likeness (QED) is 0.513. The maximum Gasteiger partial charge on any atom is 0.0693 e. The summed E-state index contributed by atoms with van der Waals surface area (Å²) in [5, 5.41) is 24.3. The topological polar surface area (TPSA) is 88.4 Å². The number of unbranched alkanes of at least 4 members (excludes halogenated alkanes) is 1. The summed E-state index contributed by atoms with van der Waals surface area (Å²) in [6.07, 6.45) is 2.57. The molecule has 0 fully saturated rings. The Morgan fingerprint density at radius 2 is 1.00 bits per heavy atom. The maximum atomic E-state index is 8.24. The van der Waals surface area contributed by atoms with E-state index in [4.69, 9.17) is 20.1 Å². The van der Waals surface area contributed by atoms with Crippen molar-refractivity contribution in [2.75, 3.05) is 61.0 Å². The summed E-state index contributed by atoms with van der Waals surface area (Å²) >= 11 is 0. The molecule has 0 aliphatic carbocycles. The van der Waals surface area contributed by atoms with Crippen LogP contribution in [-0.2, 0) is 14.2 Å². The molecule has 0 atom stereocenters. The van der Waals surface area contributed by atoms with Crippen LogP contribution in [0.25, 0.3) is 0 Å². The second-order valence-electron chi connectivity index (χ2n) is 3.21. The summed E-state index contributed by atoms with van der Waals surface area (Å²) in [6.45, 7) is 2.50. The van der Waals surface area contributed by atoms with E-state index in [0.717, 1.165) is 25.9 Å². The highest BCUT2D eigenvalue weighted by molar-refractivity contribution is 4.32. The van der Waals surface area contributed by atoms with Crippen molar-refractivity contribution in [2.45, 2.75) is 19.3 Å². The van der Waals surface area contributed by atoms with E-state index in [1.54, 1.807) is 21.3 Å². The molecule has 0 bridgehead atoms. The minimum atomic E-state index is 0.122. The van der Waals surface area contributed by atoms with E-state index >= 15 is 0 Å². The second kappa shape index (κ2) is 30.1. The number of hydrogen-bond acceptors (Lipinski definition) is 6. The molecule has 3 N–H and O–H groups in total. The zero-order chi connectivity index (χ0) is 14.5. The molecule has 0 aliphatic heterocycles. The van der Waals surface area contributed by atoms with Gasteiger partial charge in [-0.1, -0.05) is 0 Å². The molecule has 0 rings (SSSR count). The molecule has 0 aromatic rings. The molecule has 0 aromatic carbocycles. The van der Waals surface area contributed by atoms with E-state index < -0.39 is 0 Å². The highest BCUT2D eigenvalue weighted by atomic mass is 16.5. The van der Waals surface area contributed by atoms with Crippen LogP contribution in [0.4, 0.5) is 0 Å². The first-order chi connectivity index (χ1) is 8.74. The fraction of sp³-hybridized carbons (Fsp3) is 1.00. The van der Waals surface area contributed by atoms with Gasteiger partial charge < -0.3 is 29.5 Å². The Morgan fingerprint density at radius 3 is 1.22 bits per heavy atom. The Labute approximate surface area is 110 Å². The lowest BCUT2D eigenvalue weighted by Crippen LogP contribution is -1.91. The van der Waals surface area contributed by atoms with E-state index in [1.807, 2.05) is 0 Å². The Bertz CT molecular complexity index is 92.6. The van der Waals surface area contributed by atoms with E-state index in [1.165, 1.54) is 0 Å². The smallest absolute Gasteiger partial charge is 0.0693 e. The van der Waals surface area contributed by atoms with Gasteiger partial charge in [-0.25, -0.2) is 0 Å². The van der Waals surface area contributed by atoms with Crippen molar-refractivity contribution in [1.82, 2.24) is 0 Å². The zero-order valence-electron chi connectivity index (χ0n) is 11.9. The number of methoxy groups -OCH3 is 3. The van der Waals surface area contributed by atoms with Gasteiger partial charge in [-0.2, -0.15) is 0 Å². The molecule has 0 radical (unpaired) electrons. The molecule has 0 aromatic heterocycles. The van der Waals surface area contributed by atoms with Gasteiger partial charge in [0, 0.05) is 47.8 Å². The average molecular weight is 270 g/mol. The molecule has 0 heterocycles. The third-order valence-corrected chi connectivity index (χ3v) is 1.56. The molecule has 0 saturated carbocycles. The van der Waals surface area contributed by atoms with E-state index in [2.05, 4.69) is 9.47 Å². The van der Waals surface area contributed by atoms with Gasteiger partial charge in [0.2, 0.25) is 0 Å². The minimum absolute atomic E-state index is 0.122. The average Bonchev–Trinajstić information content (AvgIpc) is 2.39. The van der Waals surface area contributed by atoms with Crippen LogP contribution in [0.5, 0.6) is 0 Å². The van der Waals surface area contributed by atoms with Crippen LogP contribution >= 0.6 is 0 Å². The molecule has 6 heteroatoms. The van der Waals surface area contributed by atoms with Crippen molar-refractivity contribution in [3.05, 3.63) is 0 Å². The summed E-state index contributed by atoms with van der Waals surface area (Å²) in [5.74, 6) is 0. The van der Waals surface area contributed by atoms with Crippen LogP contribution in [0.15, 0.2) is 0 Å². The van der Waals surface area contributed by atoms with Gasteiger partial charge in [0.05, 0.1) is 13.2 Å². The highest BCUT2D eigenvalue weighted by Gasteiger charge is 1.80. The summed E-state index contributed by atoms with van der Waals surface area (Å²) < 4.78 is 13.8. The number of hydrogen-bond donors (Lipinski definition) is 3. The van der Waals surface area contributed by atoms with E-state index in [0.29, 0.717) is 13.2 Å². The standard InChI is InChI=1S/C5H12O2.C4H10O2.C3H8O2/c1-7-5-3-2-4-6;1-6-4-2-3-5;1-5-3-2-4/h6H,2-5H2,1H3;5H,2-4H2,1H3;4H,2-3H2,1H3. The SMILES string of the molecule is COCCCCO.COCCCO.COCCO. The van der Waals surface area contributed by atoms with Gasteiger partial charge in [0.1, 0.15) is 0 Å². The third kappa shape index (κ3) is 44.7. The van der Waals surface area contributed by atoms with Crippen molar-refractivity contribution in [2.24, 2.45) is 0 Å². The van der Waals surface area contributed by atoms with Crippen LogP contribution in [0.1, 0.15) is 19.3 Å². The van der Waals surface area contributed by atoms with Crippen molar-refractivity contribution in [3.8, 4) is 0 Å². The Kier molecular flexibility index (Phi) is 38.3. The second-order valence-corrected chi connectivity index (χ2v) is 3.21. The fourth-order valence-electron chi connectivity index (χ4n) is 0.658. The predicted octanol–water partition coefficient (Wildman–Crippen LogP) is 0.0456. The van der Waals surface area contributed by atoms with E-state index in [9.17, 15) is 0 Å². The van der Waals surface area contributed by atoms with Crippen molar-refractivity contribution in [3.63, 3.8) is 0 Å². The van der Waals surface area contributed by atoms with Crippen LogP contribution in [-0.4, -0.2) is 76.3 Å². The lowest BCUT2D eigenvalue weighted by Gasteiger charge is -1.92. The maximum absolute atomic E-state index is 8.24. The monoisotopic (exact) mass is 270 g/mol. The van der Waals surface area contributed by atoms with Gasteiger partial charge >= 0.3 is 0 Å². The van der Waals surface area contributed by atoms with Gasteiger partial charge in [0.15, 0.2) is 0 Å². The summed E-state index contributed by atoms with van der Waals surface area (Å²) in [6, 6.07) is 0. The predicted molar refractivity (Wildman–Crippen MR) is 70.7 cm³/mol. The molecule has 0 aliphatic rings. The van der Waals surface area contributed by atoms with Crippen LogP contribution < -0.4 is 0 Å². The summed E-state index contributed by atoms with van der Waals surface area (Å²) in [7, 11) is 4.84. The van der Waals surface area contributed by atoms with Crippen molar-refractivity contribution < 1.29 is 29.5 Å². The number of aliphatic hydroxyl groups excluding tert-OH is 3. The Morgan fingerprint density at radius 1 is 0.556 bits per heavy atom. The first-order valence-electron chi connectivity index (χ1n) is 6.04. The first kappa shape index (κ1) is 22.9. The van der Waals surface area contributed by atoms with Gasteiger partial charge in [0.25, 0.3) is 0 Å². The Hall–Kier alpha value is -0.240. The largest absolute Gasteiger partial charge is 0.396 e. The molecule has 114 valence electrons. The highest BCUT2D eigenvalue weighted by Crippen LogP contribution is 1.84. The van der Waals surface area contributed by atoms with Gasteiger partial charge in [-0.3, -0.25) is 0 Å². The van der Waals surface area contributed by atoms with E-state index in [-0.39, 0.29) is 19.8 Å². The normalized spacial score (nSPS) is 9.00. The first-order valence-corrected chi connectivity index (χ1v) is 6.04. The molecule has 0 amide bonds. The summed E-state index contributed by atoms with van der Waals surface area (Å²) in [4.78, 5) is 0.